The van der Waals surface area contributed by atoms with E-state index in [2.05, 4.69) is 15.2 Å². The molecule has 0 bridgehead atoms. The lowest BCUT2D eigenvalue weighted by atomic mass is 10.2. The van der Waals surface area contributed by atoms with Crippen molar-refractivity contribution in [3.8, 4) is 11.5 Å². The summed E-state index contributed by atoms with van der Waals surface area (Å²) < 4.78 is 7.42. The van der Waals surface area contributed by atoms with Crippen molar-refractivity contribution in [3.63, 3.8) is 0 Å². The molecule has 0 saturated heterocycles. The van der Waals surface area contributed by atoms with Crippen molar-refractivity contribution in [3.05, 3.63) is 52.2 Å². The summed E-state index contributed by atoms with van der Waals surface area (Å²) in [6, 6.07) is 6.10. The summed E-state index contributed by atoms with van der Waals surface area (Å²) in [7, 11) is 1.94. The van der Waals surface area contributed by atoms with Crippen molar-refractivity contribution < 1.29 is 9.34 Å². The van der Waals surface area contributed by atoms with Gasteiger partial charge >= 0.3 is 0 Å². The summed E-state index contributed by atoms with van der Waals surface area (Å²) >= 11 is 1.53. The second-order valence-electron chi connectivity index (χ2n) is 5.05. The highest BCUT2D eigenvalue weighted by atomic mass is 32.2. The predicted molar refractivity (Wildman–Crippen MR) is 88.5 cm³/mol. The lowest BCUT2D eigenvalue weighted by Crippen LogP contribution is -1.97. The molecule has 0 saturated carbocycles. The van der Waals surface area contributed by atoms with Crippen LogP contribution in [0.3, 0.4) is 0 Å². The van der Waals surface area contributed by atoms with Gasteiger partial charge in [-0.2, -0.15) is 0 Å². The minimum atomic E-state index is -0.438. The van der Waals surface area contributed by atoms with Crippen LogP contribution in [0, 0.1) is 10.1 Å². The summed E-state index contributed by atoms with van der Waals surface area (Å²) in [6.45, 7) is 2.03. The largest absolute Gasteiger partial charge is 0.444 e. The SMILES string of the molecule is CCc1nnc(SCc2coc(-c3ccc([N+](=O)[O-])cc3)n2)n1C. The highest BCUT2D eigenvalue weighted by Gasteiger charge is 2.12. The molecule has 3 aromatic rings. The smallest absolute Gasteiger partial charge is 0.269 e. The van der Waals surface area contributed by atoms with Gasteiger partial charge < -0.3 is 8.98 Å². The van der Waals surface area contributed by atoms with Crippen molar-refractivity contribution in [2.45, 2.75) is 24.3 Å². The van der Waals surface area contributed by atoms with E-state index < -0.39 is 4.92 Å². The highest BCUT2D eigenvalue weighted by Crippen LogP contribution is 2.25. The summed E-state index contributed by atoms with van der Waals surface area (Å²) in [5.74, 6) is 1.98. The number of nitro benzene ring substituents is 1. The molecule has 0 N–H and O–H groups in total. The van der Waals surface area contributed by atoms with E-state index in [9.17, 15) is 10.1 Å². The zero-order valence-electron chi connectivity index (χ0n) is 13.2. The summed E-state index contributed by atoms with van der Waals surface area (Å²) in [4.78, 5) is 14.6. The monoisotopic (exact) mass is 345 g/mol. The molecule has 0 aliphatic carbocycles. The molecule has 9 heteroatoms. The molecule has 3 rings (SSSR count). The van der Waals surface area contributed by atoms with Crippen LogP contribution in [0.1, 0.15) is 18.4 Å². The number of benzene rings is 1. The maximum atomic E-state index is 10.7. The molecule has 0 radical (unpaired) electrons. The molecular formula is C15H15N5O3S. The van der Waals surface area contributed by atoms with Crippen LogP contribution < -0.4 is 0 Å². The molecule has 0 fully saturated rings. The fraction of sp³-hybridized carbons (Fsp3) is 0.267. The first kappa shape index (κ1) is 16.2. The maximum absolute atomic E-state index is 10.7. The molecule has 0 unspecified atom stereocenters. The Morgan fingerprint density at radius 2 is 2.04 bits per heavy atom. The summed E-state index contributed by atoms with van der Waals surface area (Å²) in [5, 5.41) is 19.8. The van der Waals surface area contributed by atoms with Gasteiger partial charge in [0, 0.05) is 36.9 Å². The third-order valence-corrected chi connectivity index (χ3v) is 4.52. The van der Waals surface area contributed by atoms with E-state index in [4.69, 9.17) is 4.42 Å². The molecule has 0 amide bonds. The van der Waals surface area contributed by atoms with Gasteiger partial charge in [0.15, 0.2) is 5.16 Å². The number of hydrogen-bond acceptors (Lipinski definition) is 7. The number of thioether (sulfide) groups is 1. The number of oxazole rings is 1. The van der Waals surface area contributed by atoms with Crippen molar-refractivity contribution in [1.82, 2.24) is 19.7 Å². The molecule has 24 heavy (non-hydrogen) atoms. The first-order valence-corrected chi connectivity index (χ1v) is 8.27. The molecular weight excluding hydrogens is 330 g/mol. The quantitative estimate of drug-likeness (QED) is 0.384. The van der Waals surface area contributed by atoms with Gasteiger partial charge in [-0.3, -0.25) is 10.1 Å². The van der Waals surface area contributed by atoms with Gasteiger partial charge in [-0.15, -0.1) is 10.2 Å². The lowest BCUT2D eigenvalue weighted by Gasteiger charge is -2.00. The van der Waals surface area contributed by atoms with Crippen LogP contribution >= 0.6 is 11.8 Å². The second-order valence-corrected chi connectivity index (χ2v) is 5.99. The highest BCUT2D eigenvalue weighted by molar-refractivity contribution is 7.98. The first-order chi connectivity index (χ1) is 11.6. The normalized spacial score (nSPS) is 10.9. The molecule has 0 atom stereocenters. The molecule has 0 aliphatic heterocycles. The van der Waals surface area contributed by atoms with Crippen molar-refractivity contribution in [2.24, 2.45) is 7.05 Å². The van der Waals surface area contributed by atoms with Gasteiger partial charge in [0.25, 0.3) is 5.69 Å². The number of nitrogens with zero attached hydrogens (tertiary/aromatic N) is 5. The number of nitro groups is 1. The van der Waals surface area contributed by atoms with Gasteiger partial charge in [0.2, 0.25) is 5.89 Å². The fourth-order valence-corrected chi connectivity index (χ4v) is 2.96. The van der Waals surface area contributed by atoms with Crippen LogP contribution in [0.25, 0.3) is 11.5 Å². The van der Waals surface area contributed by atoms with Gasteiger partial charge in [-0.05, 0) is 12.1 Å². The van der Waals surface area contributed by atoms with Gasteiger partial charge in [-0.25, -0.2) is 4.98 Å². The van der Waals surface area contributed by atoms with Crippen molar-refractivity contribution in [1.29, 1.82) is 0 Å². The number of rotatable bonds is 6. The number of aryl methyl sites for hydroxylation is 1. The zero-order chi connectivity index (χ0) is 17.1. The molecule has 1 aromatic carbocycles. The lowest BCUT2D eigenvalue weighted by molar-refractivity contribution is -0.384. The Balaban J connectivity index is 1.69. The summed E-state index contributed by atoms with van der Waals surface area (Å²) in [6.07, 6.45) is 2.42. The topological polar surface area (TPSA) is 99.9 Å². The van der Waals surface area contributed by atoms with E-state index in [0.717, 1.165) is 23.1 Å². The first-order valence-electron chi connectivity index (χ1n) is 7.28. The van der Waals surface area contributed by atoms with E-state index >= 15 is 0 Å². The van der Waals surface area contributed by atoms with Gasteiger partial charge in [-0.1, -0.05) is 18.7 Å². The van der Waals surface area contributed by atoms with Gasteiger partial charge in [0.05, 0.1) is 10.6 Å². The number of aromatic nitrogens is 4. The van der Waals surface area contributed by atoms with E-state index in [1.165, 1.54) is 23.9 Å². The van der Waals surface area contributed by atoms with Crippen LogP contribution in [-0.2, 0) is 19.2 Å². The zero-order valence-corrected chi connectivity index (χ0v) is 14.0. The fourth-order valence-electron chi connectivity index (χ4n) is 2.15. The van der Waals surface area contributed by atoms with Crippen molar-refractivity contribution >= 4 is 17.4 Å². The second kappa shape index (κ2) is 6.83. The average Bonchev–Trinajstić information content (AvgIpc) is 3.19. The van der Waals surface area contributed by atoms with E-state index in [1.807, 2.05) is 18.5 Å². The summed E-state index contributed by atoms with van der Waals surface area (Å²) in [5.41, 5.74) is 1.51. The number of non-ortho nitro benzene ring substituents is 1. The minimum absolute atomic E-state index is 0.0371. The Labute approximate surface area is 142 Å². The Morgan fingerprint density at radius 3 is 2.67 bits per heavy atom. The van der Waals surface area contributed by atoms with Crippen LogP contribution in [-0.4, -0.2) is 24.7 Å². The molecule has 0 aliphatic rings. The molecule has 0 spiro atoms. The molecule has 2 aromatic heterocycles. The molecule has 2 heterocycles. The Morgan fingerprint density at radius 1 is 1.29 bits per heavy atom. The number of hydrogen-bond donors (Lipinski definition) is 0. The third kappa shape index (κ3) is 3.30. The standard InChI is InChI=1S/C15H15N5O3S/c1-3-13-17-18-15(19(13)2)24-9-11-8-23-14(16-11)10-4-6-12(7-5-10)20(21)22/h4-8H,3,9H2,1-2H3. The Kier molecular flexibility index (Phi) is 4.61. The Hall–Kier alpha value is -2.68. The maximum Gasteiger partial charge on any atom is 0.269 e. The van der Waals surface area contributed by atoms with Crippen molar-refractivity contribution in [2.75, 3.05) is 0 Å². The molecule has 124 valence electrons. The Bertz CT molecular complexity index is 856. The average molecular weight is 345 g/mol. The van der Waals surface area contributed by atoms with E-state index in [0.29, 0.717) is 17.2 Å². The third-order valence-electron chi connectivity index (χ3n) is 3.47. The minimum Gasteiger partial charge on any atom is -0.444 e. The van der Waals surface area contributed by atoms with E-state index in [1.54, 1.807) is 18.4 Å². The molecule has 8 nitrogen and oxygen atoms in total. The van der Waals surface area contributed by atoms with Crippen LogP contribution in [0.2, 0.25) is 0 Å². The van der Waals surface area contributed by atoms with Crippen LogP contribution in [0.15, 0.2) is 40.1 Å². The van der Waals surface area contributed by atoms with Crippen LogP contribution in [0.5, 0.6) is 0 Å². The van der Waals surface area contributed by atoms with E-state index in [-0.39, 0.29) is 5.69 Å². The predicted octanol–water partition coefficient (Wildman–Crippen LogP) is 3.23. The van der Waals surface area contributed by atoms with Crippen LogP contribution in [0.4, 0.5) is 5.69 Å². The van der Waals surface area contributed by atoms with Gasteiger partial charge in [0.1, 0.15) is 12.1 Å².